The summed E-state index contributed by atoms with van der Waals surface area (Å²) in [5.41, 5.74) is -1.11. The molecule has 1 amide bonds. The molecule has 1 heterocycles. The number of rotatable bonds is 5. The summed E-state index contributed by atoms with van der Waals surface area (Å²) >= 11 is 0.928. The number of esters is 1. The smallest absolute Gasteiger partial charge is 0.341 e. The molecule has 152 valence electrons. The van der Waals surface area contributed by atoms with Gasteiger partial charge in [-0.3, -0.25) is 4.79 Å². The molecule has 0 bridgehead atoms. The fourth-order valence-electron chi connectivity index (χ4n) is 2.55. The van der Waals surface area contributed by atoms with Crippen molar-refractivity contribution in [3.05, 3.63) is 50.7 Å². The number of nitrogens with one attached hydrogen (secondary N) is 1. The number of hydrogen-bond acceptors (Lipinski definition) is 4. The zero-order chi connectivity index (χ0) is 21.3. The van der Waals surface area contributed by atoms with Crippen LogP contribution in [0.5, 0.6) is 0 Å². The fourth-order valence-corrected chi connectivity index (χ4v) is 3.68. The lowest BCUT2D eigenvalue weighted by atomic mass is 10.1. The lowest BCUT2D eigenvalue weighted by molar-refractivity contribution is 0.0378. The summed E-state index contributed by atoms with van der Waals surface area (Å²) < 4.78 is 72.7. The lowest BCUT2D eigenvalue weighted by Gasteiger charge is -2.12. The van der Waals surface area contributed by atoms with Gasteiger partial charge in [-0.2, -0.15) is 0 Å². The Hall–Kier alpha value is -2.49. The topological polar surface area (TPSA) is 55.4 Å². The van der Waals surface area contributed by atoms with Crippen LogP contribution in [0.25, 0.3) is 0 Å². The van der Waals surface area contributed by atoms with E-state index in [0.717, 1.165) is 11.3 Å². The molecule has 0 aliphatic heterocycles. The van der Waals surface area contributed by atoms with Crippen LogP contribution in [0.3, 0.4) is 0 Å². The van der Waals surface area contributed by atoms with E-state index in [1.807, 2.05) is 0 Å². The molecule has 0 atom stereocenters. The van der Waals surface area contributed by atoms with Gasteiger partial charge in [0.25, 0.3) is 5.91 Å². The van der Waals surface area contributed by atoms with Crippen LogP contribution in [-0.2, 0) is 11.2 Å². The molecule has 1 N–H and O–H groups in total. The maximum Gasteiger partial charge on any atom is 0.341 e. The third kappa shape index (κ3) is 3.87. The van der Waals surface area contributed by atoms with Gasteiger partial charge in [-0.1, -0.05) is 6.92 Å². The standard InChI is InChI=1S/C18H16F5NO3S/c1-5-8-7(4)28-17(9(8)18(26)27-6(2)3)24-16(25)10-11(19)13(21)15(23)14(22)12(10)20/h6H,5H2,1-4H3,(H,24,25). The number of aryl methyl sites for hydroxylation is 1. The Labute approximate surface area is 161 Å². The summed E-state index contributed by atoms with van der Waals surface area (Å²) in [7, 11) is 0. The summed E-state index contributed by atoms with van der Waals surface area (Å²) in [5, 5.41) is 1.97. The molecule has 0 unspecified atom stereocenters. The van der Waals surface area contributed by atoms with Gasteiger partial charge >= 0.3 is 5.97 Å². The van der Waals surface area contributed by atoms with Crippen molar-refractivity contribution in [1.82, 2.24) is 0 Å². The van der Waals surface area contributed by atoms with E-state index in [1.54, 1.807) is 27.7 Å². The minimum Gasteiger partial charge on any atom is -0.459 e. The van der Waals surface area contributed by atoms with Gasteiger partial charge < -0.3 is 10.1 Å². The minimum absolute atomic E-state index is 0.0177. The van der Waals surface area contributed by atoms with Gasteiger partial charge in [0, 0.05) is 4.88 Å². The van der Waals surface area contributed by atoms with E-state index in [4.69, 9.17) is 4.74 Å². The third-order valence-corrected chi connectivity index (χ3v) is 4.84. The number of carbonyl (C=O) groups excluding carboxylic acids is 2. The number of benzene rings is 1. The first-order valence-electron chi connectivity index (χ1n) is 8.17. The molecular formula is C18H16F5NO3S. The number of carbonyl (C=O) groups is 2. The fraction of sp³-hybridized carbons (Fsp3) is 0.333. The molecule has 0 spiro atoms. The van der Waals surface area contributed by atoms with Gasteiger partial charge in [0.2, 0.25) is 5.82 Å². The van der Waals surface area contributed by atoms with E-state index in [0.29, 0.717) is 16.9 Å². The number of anilines is 1. The van der Waals surface area contributed by atoms with Crippen LogP contribution in [0.15, 0.2) is 0 Å². The average Bonchev–Trinajstić information content (AvgIpc) is 2.92. The summed E-state index contributed by atoms with van der Waals surface area (Å²) in [4.78, 5) is 25.3. The SMILES string of the molecule is CCc1c(C)sc(NC(=O)c2c(F)c(F)c(F)c(F)c2F)c1C(=O)OC(C)C. The number of amides is 1. The maximum atomic E-state index is 13.9. The van der Waals surface area contributed by atoms with Crippen molar-refractivity contribution in [2.75, 3.05) is 5.32 Å². The minimum atomic E-state index is -2.37. The van der Waals surface area contributed by atoms with E-state index in [2.05, 4.69) is 5.32 Å². The molecule has 0 saturated heterocycles. The highest BCUT2D eigenvalue weighted by molar-refractivity contribution is 7.16. The highest BCUT2D eigenvalue weighted by Crippen LogP contribution is 2.35. The van der Waals surface area contributed by atoms with E-state index in [1.165, 1.54) is 0 Å². The molecule has 1 aromatic heterocycles. The molecule has 2 aromatic rings. The molecule has 4 nitrogen and oxygen atoms in total. The van der Waals surface area contributed by atoms with Gasteiger partial charge in [-0.15, -0.1) is 11.3 Å². The van der Waals surface area contributed by atoms with Gasteiger partial charge in [-0.05, 0) is 32.8 Å². The Bertz CT molecular complexity index is 926. The quantitative estimate of drug-likeness (QED) is 0.315. The Kier molecular flexibility index (Phi) is 6.43. The molecule has 0 fully saturated rings. The average molecular weight is 421 g/mol. The van der Waals surface area contributed by atoms with Crippen molar-refractivity contribution >= 4 is 28.2 Å². The predicted octanol–water partition coefficient (Wildman–Crippen LogP) is 5.13. The largest absolute Gasteiger partial charge is 0.459 e. The summed E-state index contributed by atoms with van der Waals surface area (Å²) in [6, 6.07) is 0. The Morgan fingerprint density at radius 3 is 1.93 bits per heavy atom. The van der Waals surface area contributed by atoms with Crippen LogP contribution < -0.4 is 5.32 Å². The number of hydrogen-bond donors (Lipinski definition) is 1. The van der Waals surface area contributed by atoms with Crippen LogP contribution in [0.4, 0.5) is 27.0 Å². The molecule has 28 heavy (non-hydrogen) atoms. The second-order valence-electron chi connectivity index (χ2n) is 6.05. The molecule has 0 radical (unpaired) electrons. The second kappa shape index (κ2) is 8.26. The Morgan fingerprint density at radius 2 is 1.46 bits per heavy atom. The molecule has 0 aliphatic carbocycles. The first-order chi connectivity index (χ1) is 13.0. The van der Waals surface area contributed by atoms with Crippen LogP contribution in [0, 0.1) is 36.0 Å². The van der Waals surface area contributed by atoms with Crippen LogP contribution in [-0.4, -0.2) is 18.0 Å². The molecule has 1 aromatic carbocycles. The molecule has 10 heteroatoms. The van der Waals surface area contributed by atoms with Gasteiger partial charge in [0.05, 0.1) is 11.7 Å². The monoisotopic (exact) mass is 421 g/mol. The van der Waals surface area contributed by atoms with Crippen LogP contribution in [0.1, 0.15) is 51.9 Å². The van der Waals surface area contributed by atoms with E-state index < -0.39 is 52.6 Å². The Morgan fingerprint density at radius 1 is 0.964 bits per heavy atom. The molecule has 0 saturated carbocycles. The van der Waals surface area contributed by atoms with E-state index in [-0.39, 0.29) is 10.6 Å². The summed E-state index contributed by atoms with van der Waals surface area (Å²) in [6.45, 7) is 6.62. The summed E-state index contributed by atoms with van der Waals surface area (Å²) in [5.74, 6) is -13.7. The van der Waals surface area contributed by atoms with E-state index in [9.17, 15) is 31.5 Å². The molecule has 2 rings (SSSR count). The van der Waals surface area contributed by atoms with Crippen LogP contribution in [0.2, 0.25) is 0 Å². The highest BCUT2D eigenvalue weighted by Gasteiger charge is 2.31. The van der Waals surface area contributed by atoms with E-state index >= 15 is 0 Å². The first kappa shape index (κ1) is 21.8. The number of ether oxygens (including phenoxy) is 1. The number of halogens is 5. The number of thiophene rings is 1. The third-order valence-electron chi connectivity index (χ3n) is 3.77. The van der Waals surface area contributed by atoms with Crippen molar-refractivity contribution in [3.8, 4) is 0 Å². The zero-order valence-corrected chi connectivity index (χ0v) is 16.1. The maximum absolute atomic E-state index is 13.9. The van der Waals surface area contributed by atoms with Crippen LogP contribution >= 0.6 is 11.3 Å². The van der Waals surface area contributed by atoms with Crippen molar-refractivity contribution in [2.24, 2.45) is 0 Å². The predicted molar refractivity (Wildman–Crippen MR) is 93.2 cm³/mol. The summed E-state index contributed by atoms with van der Waals surface area (Å²) in [6.07, 6.45) is -0.0837. The normalized spacial score (nSPS) is 11.1. The van der Waals surface area contributed by atoms with Crippen molar-refractivity contribution in [3.63, 3.8) is 0 Å². The zero-order valence-electron chi connectivity index (χ0n) is 15.3. The van der Waals surface area contributed by atoms with Crippen molar-refractivity contribution in [1.29, 1.82) is 0 Å². The second-order valence-corrected chi connectivity index (χ2v) is 7.27. The molecule has 0 aliphatic rings. The van der Waals surface area contributed by atoms with Gasteiger partial charge in [-0.25, -0.2) is 26.7 Å². The Balaban J connectivity index is 2.53. The first-order valence-corrected chi connectivity index (χ1v) is 8.98. The highest BCUT2D eigenvalue weighted by atomic mass is 32.1. The van der Waals surface area contributed by atoms with Crippen molar-refractivity contribution < 1.29 is 36.3 Å². The molecular weight excluding hydrogens is 405 g/mol. The van der Waals surface area contributed by atoms with Crippen molar-refractivity contribution in [2.45, 2.75) is 40.2 Å². The van der Waals surface area contributed by atoms with Gasteiger partial charge in [0.1, 0.15) is 10.6 Å². The lowest BCUT2D eigenvalue weighted by Crippen LogP contribution is -2.21. The van der Waals surface area contributed by atoms with Gasteiger partial charge in [0.15, 0.2) is 23.3 Å².